The molecule has 2 heterocycles. The molecule has 15 heavy (non-hydrogen) atoms. The summed E-state index contributed by atoms with van der Waals surface area (Å²) in [5.41, 5.74) is 0.672. The fourth-order valence-electron chi connectivity index (χ4n) is 1.33. The normalized spacial score (nSPS) is 17.9. The van der Waals surface area contributed by atoms with Crippen molar-refractivity contribution in [3.63, 3.8) is 0 Å². The van der Waals surface area contributed by atoms with Crippen molar-refractivity contribution in [2.75, 3.05) is 19.8 Å². The van der Waals surface area contributed by atoms with Crippen molar-refractivity contribution in [2.24, 2.45) is 5.41 Å². The highest BCUT2D eigenvalue weighted by Gasteiger charge is 2.34. The van der Waals surface area contributed by atoms with Crippen molar-refractivity contribution < 1.29 is 14.3 Å². The Morgan fingerprint density at radius 1 is 1.60 bits per heavy atom. The summed E-state index contributed by atoms with van der Waals surface area (Å²) in [6.07, 6.45) is 2.26. The van der Waals surface area contributed by atoms with E-state index in [9.17, 15) is 4.79 Å². The Morgan fingerprint density at radius 2 is 2.40 bits per heavy atom. The molecule has 4 nitrogen and oxygen atoms in total. The molecule has 2 rings (SSSR count). The average molecular weight is 207 g/mol. The van der Waals surface area contributed by atoms with E-state index < -0.39 is 0 Å². The van der Waals surface area contributed by atoms with Crippen molar-refractivity contribution in [3.8, 4) is 5.88 Å². The molecule has 1 aromatic rings. The molecule has 0 saturated carbocycles. The van der Waals surface area contributed by atoms with Crippen molar-refractivity contribution in [2.45, 2.75) is 6.92 Å². The van der Waals surface area contributed by atoms with Crippen LogP contribution in [0.15, 0.2) is 18.3 Å². The first-order chi connectivity index (χ1) is 7.22. The zero-order valence-electron chi connectivity index (χ0n) is 8.60. The monoisotopic (exact) mass is 207 g/mol. The Bertz CT molecular complexity index is 343. The molecule has 1 saturated heterocycles. The Morgan fingerprint density at radius 3 is 2.87 bits per heavy atom. The van der Waals surface area contributed by atoms with Gasteiger partial charge in [-0.3, -0.25) is 4.79 Å². The summed E-state index contributed by atoms with van der Waals surface area (Å²) in [7, 11) is 0. The molecule has 1 aromatic heterocycles. The van der Waals surface area contributed by atoms with E-state index >= 15 is 0 Å². The molecule has 80 valence electrons. The number of hydrogen-bond acceptors (Lipinski definition) is 4. The van der Waals surface area contributed by atoms with Crippen LogP contribution in [-0.4, -0.2) is 31.1 Å². The third-order valence-electron chi connectivity index (χ3n) is 2.36. The molecule has 0 amide bonds. The molecule has 0 radical (unpaired) electrons. The first-order valence-electron chi connectivity index (χ1n) is 4.84. The molecular formula is C11H13NO3. The summed E-state index contributed by atoms with van der Waals surface area (Å²) in [4.78, 5) is 14.4. The van der Waals surface area contributed by atoms with Gasteiger partial charge in [-0.15, -0.1) is 0 Å². The molecule has 1 aliphatic rings. The second kappa shape index (κ2) is 3.98. The van der Waals surface area contributed by atoms with Crippen LogP contribution in [0.2, 0.25) is 0 Å². The average Bonchev–Trinajstić information content (AvgIpc) is 2.24. The molecule has 0 bridgehead atoms. The lowest BCUT2D eigenvalue weighted by atomic mass is 9.90. The van der Waals surface area contributed by atoms with Gasteiger partial charge in [0, 0.05) is 23.2 Å². The quantitative estimate of drug-likeness (QED) is 0.698. The number of hydrogen-bond donors (Lipinski definition) is 0. The van der Waals surface area contributed by atoms with Crippen LogP contribution in [0, 0.1) is 5.41 Å². The predicted molar refractivity (Wildman–Crippen MR) is 54.0 cm³/mol. The minimum absolute atomic E-state index is 0.116. The summed E-state index contributed by atoms with van der Waals surface area (Å²) in [5.74, 6) is 0.550. The summed E-state index contributed by atoms with van der Waals surface area (Å²) in [6, 6.07) is 3.39. The summed E-state index contributed by atoms with van der Waals surface area (Å²) in [5, 5.41) is 0. The highest BCUT2D eigenvalue weighted by atomic mass is 16.5. The Balaban J connectivity index is 1.90. The van der Waals surface area contributed by atoms with Gasteiger partial charge in [0.25, 0.3) is 0 Å². The molecule has 1 aliphatic heterocycles. The number of aromatic nitrogens is 1. The van der Waals surface area contributed by atoms with E-state index in [1.807, 2.05) is 0 Å². The smallest absolute Gasteiger partial charge is 0.213 e. The van der Waals surface area contributed by atoms with Gasteiger partial charge in [-0.1, -0.05) is 6.92 Å². The maximum atomic E-state index is 10.4. The minimum Gasteiger partial charge on any atom is -0.477 e. The number of rotatable bonds is 4. The number of ether oxygens (including phenoxy) is 2. The molecular weight excluding hydrogens is 194 g/mol. The Hall–Kier alpha value is -1.42. The van der Waals surface area contributed by atoms with Gasteiger partial charge in [0.2, 0.25) is 5.88 Å². The lowest BCUT2D eigenvalue weighted by Gasteiger charge is -2.37. The summed E-state index contributed by atoms with van der Waals surface area (Å²) < 4.78 is 10.6. The zero-order valence-corrected chi connectivity index (χ0v) is 8.60. The van der Waals surface area contributed by atoms with Crippen LogP contribution in [0.1, 0.15) is 17.3 Å². The van der Waals surface area contributed by atoms with Crippen LogP contribution >= 0.6 is 0 Å². The van der Waals surface area contributed by atoms with Crippen molar-refractivity contribution in [1.82, 2.24) is 4.98 Å². The number of aldehydes is 1. The van der Waals surface area contributed by atoms with Gasteiger partial charge in [-0.25, -0.2) is 4.98 Å². The van der Waals surface area contributed by atoms with Crippen LogP contribution in [0.25, 0.3) is 0 Å². The molecule has 4 heteroatoms. The fraction of sp³-hybridized carbons (Fsp3) is 0.455. The molecule has 0 spiro atoms. The van der Waals surface area contributed by atoms with Gasteiger partial charge in [-0.2, -0.15) is 0 Å². The number of nitrogens with zero attached hydrogens (tertiary/aromatic N) is 1. The summed E-state index contributed by atoms with van der Waals surface area (Å²) in [6.45, 7) is 4.18. The largest absolute Gasteiger partial charge is 0.477 e. The van der Waals surface area contributed by atoms with E-state index in [-0.39, 0.29) is 5.41 Å². The molecule has 0 aliphatic carbocycles. The van der Waals surface area contributed by atoms with Gasteiger partial charge in [0.05, 0.1) is 19.8 Å². The number of carbonyl (C=O) groups is 1. The van der Waals surface area contributed by atoms with Crippen LogP contribution in [0.5, 0.6) is 5.88 Å². The van der Waals surface area contributed by atoms with E-state index in [1.54, 1.807) is 12.1 Å². The first-order valence-corrected chi connectivity index (χ1v) is 4.84. The highest BCUT2D eigenvalue weighted by Crippen LogP contribution is 2.26. The molecule has 0 aromatic carbocycles. The first kappa shape index (κ1) is 10.1. The fourth-order valence-corrected chi connectivity index (χ4v) is 1.33. The van der Waals surface area contributed by atoms with Crippen LogP contribution < -0.4 is 4.74 Å². The van der Waals surface area contributed by atoms with Gasteiger partial charge in [0.15, 0.2) is 6.29 Å². The lowest BCUT2D eigenvalue weighted by molar-refractivity contribution is -0.120. The van der Waals surface area contributed by atoms with Gasteiger partial charge < -0.3 is 9.47 Å². The minimum atomic E-state index is 0.116. The number of pyridine rings is 1. The van der Waals surface area contributed by atoms with E-state index in [0.717, 1.165) is 19.5 Å². The SMILES string of the molecule is CC1(COc2ccc(C=O)cn2)COC1. The summed E-state index contributed by atoms with van der Waals surface area (Å²) >= 11 is 0. The molecule has 0 unspecified atom stereocenters. The maximum absolute atomic E-state index is 10.4. The Kier molecular flexibility index (Phi) is 2.68. The molecule has 0 N–H and O–H groups in total. The van der Waals surface area contributed by atoms with Crippen LogP contribution in [0.3, 0.4) is 0 Å². The molecule has 1 fully saturated rings. The van der Waals surface area contributed by atoms with Crippen molar-refractivity contribution in [3.05, 3.63) is 23.9 Å². The van der Waals surface area contributed by atoms with Crippen LogP contribution in [0.4, 0.5) is 0 Å². The number of carbonyl (C=O) groups excluding carboxylic acids is 1. The van der Waals surface area contributed by atoms with Crippen LogP contribution in [-0.2, 0) is 4.74 Å². The zero-order chi connectivity index (χ0) is 10.7. The van der Waals surface area contributed by atoms with Gasteiger partial charge in [-0.05, 0) is 6.07 Å². The second-order valence-electron chi connectivity index (χ2n) is 4.14. The van der Waals surface area contributed by atoms with E-state index in [0.29, 0.717) is 18.1 Å². The maximum Gasteiger partial charge on any atom is 0.213 e. The Labute approximate surface area is 88.2 Å². The third-order valence-corrected chi connectivity index (χ3v) is 2.36. The van der Waals surface area contributed by atoms with E-state index in [1.165, 1.54) is 6.20 Å². The lowest BCUT2D eigenvalue weighted by Crippen LogP contribution is -2.44. The molecule has 0 atom stereocenters. The standard InChI is InChI=1S/C11H13NO3/c1-11(6-14-7-11)8-15-10-3-2-9(5-13)4-12-10/h2-5H,6-8H2,1H3. The van der Waals surface area contributed by atoms with E-state index in [4.69, 9.17) is 9.47 Å². The third kappa shape index (κ3) is 2.33. The van der Waals surface area contributed by atoms with Gasteiger partial charge in [0.1, 0.15) is 0 Å². The van der Waals surface area contributed by atoms with Crippen molar-refractivity contribution in [1.29, 1.82) is 0 Å². The second-order valence-corrected chi connectivity index (χ2v) is 4.14. The van der Waals surface area contributed by atoms with E-state index in [2.05, 4.69) is 11.9 Å². The topological polar surface area (TPSA) is 48.4 Å². The van der Waals surface area contributed by atoms with Gasteiger partial charge >= 0.3 is 0 Å². The predicted octanol–water partition coefficient (Wildman–Crippen LogP) is 1.31. The highest BCUT2D eigenvalue weighted by molar-refractivity contribution is 5.73. The van der Waals surface area contributed by atoms with Crippen molar-refractivity contribution >= 4 is 6.29 Å².